The van der Waals surface area contributed by atoms with Gasteiger partial charge < -0.3 is 14.7 Å². The summed E-state index contributed by atoms with van der Waals surface area (Å²) >= 11 is 0. The Kier molecular flexibility index (Phi) is 3.23. The van der Waals surface area contributed by atoms with E-state index in [1.54, 1.807) is 11.0 Å². The maximum absolute atomic E-state index is 13.4. The van der Waals surface area contributed by atoms with Gasteiger partial charge in [0.1, 0.15) is 12.4 Å². The van der Waals surface area contributed by atoms with Gasteiger partial charge in [0.2, 0.25) is 17.6 Å². The molecule has 0 spiro atoms. The third-order valence-electron chi connectivity index (χ3n) is 3.27. The molecule has 7 nitrogen and oxygen atoms in total. The van der Waals surface area contributed by atoms with E-state index in [1.807, 2.05) is 0 Å². The van der Waals surface area contributed by atoms with E-state index in [9.17, 15) is 9.18 Å². The van der Waals surface area contributed by atoms with Crippen molar-refractivity contribution in [3.8, 4) is 11.4 Å². The molecule has 2 N–H and O–H groups in total. The van der Waals surface area contributed by atoms with Gasteiger partial charge in [0.15, 0.2) is 0 Å². The highest BCUT2D eigenvalue weighted by atomic mass is 19.1. The Labute approximate surface area is 113 Å². The third-order valence-corrected chi connectivity index (χ3v) is 3.27. The topological polar surface area (TPSA) is 98.4 Å². The largest absolute Gasteiger partial charge is 0.472 e. The Balaban J connectivity index is 1.73. The van der Waals surface area contributed by atoms with Crippen LogP contribution in [0.15, 0.2) is 27.5 Å². The summed E-state index contributed by atoms with van der Waals surface area (Å²) in [6, 6.07) is 1.07. The van der Waals surface area contributed by atoms with E-state index in [1.165, 1.54) is 12.5 Å². The molecule has 2 aromatic heterocycles. The van der Waals surface area contributed by atoms with Gasteiger partial charge in [-0.05, 0) is 6.07 Å². The molecule has 2 aromatic rings. The van der Waals surface area contributed by atoms with Gasteiger partial charge in [-0.2, -0.15) is 4.98 Å². The van der Waals surface area contributed by atoms with Crippen molar-refractivity contribution in [2.45, 2.75) is 25.2 Å². The number of aromatic nitrogens is 2. The molecule has 0 unspecified atom stereocenters. The number of amides is 1. The molecule has 3 rings (SSSR count). The normalized spacial score (nSPS) is 23.2. The molecule has 1 saturated heterocycles. The SMILES string of the molecule is NC(=O)[C@@H]1C[C@@H](F)CN1Cc1nc(-c2ccoc2)no1. The summed E-state index contributed by atoms with van der Waals surface area (Å²) in [5.41, 5.74) is 5.95. The second-order valence-corrected chi connectivity index (χ2v) is 4.70. The minimum Gasteiger partial charge on any atom is -0.472 e. The summed E-state index contributed by atoms with van der Waals surface area (Å²) in [6.45, 7) is 0.329. The highest BCUT2D eigenvalue weighted by Crippen LogP contribution is 2.23. The first kappa shape index (κ1) is 12.8. The van der Waals surface area contributed by atoms with Crippen molar-refractivity contribution in [2.75, 3.05) is 6.54 Å². The summed E-state index contributed by atoms with van der Waals surface area (Å²) in [5.74, 6) is 0.154. The standard InChI is InChI=1S/C12H13FN4O3/c13-8-3-9(11(14)18)17(4-8)5-10-15-12(16-20-10)7-1-2-19-6-7/h1-2,6,8-9H,3-5H2,(H2,14,18)/t8-,9+/m1/s1. The van der Waals surface area contributed by atoms with Gasteiger partial charge in [-0.3, -0.25) is 9.69 Å². The molecule has 1 aliphatic rings. The molecule has 0 aliphatic carbocycles. The smallest absolute Gasteiger partial charge is 0.241 e. The van der Waals surface area contributed by atoms with Crippen LogP contribution in [0.2, 0.25) is 0 Å². The van der Waals surface area contributed by atoms with E-state index in [0.29, 0.717) is 17.3 Å². The zero-order valence-corrected chi connectivity index (χ0v) is 10.5. The lowest BCUT2D eigenvalue weighted by atomic mass is 10.2. The van der Waals surface area contributed by atoms with Gasteiger partial charge in [-0.25, -0.2) is 4.39 Å². The lowest BCUT2D eigenvalue weighted by Gasteiger charge is -2.18. The highest BCUT2D eigenvalue weighted by Gasteiger charge is 2.36. The summed E-state index contributed by atoms with van der Waals surface area (Å²) in [5, 5.41) is 3.81. The number of furan rings is 1. The van der Waals surface area contributed by atoms with Crippen LogP contribution in [-0.4, -0.2) is 39.7 Å². The van der Waals surface area contributed by atoms with Crippen molar-refractivity contribution >= 4 is 5.91 Å². The van der Waals surface area contributed by atoms with Crippen LogP contribution in [0.3, 0.4) is 0 Å². The van der Waals surface area contributed by atoms with Gasteiger partial charge in [-0.15, -0.1) is 0 Å². The second-order valence-electron chi connectivity index (χ2n) is 4.70. The lowest BCUT2D eigenvalue weighted by Crippen LogP contribution is -2.39. The molecule has 2 atom stereocenters. The first-order chi connectivity index (χ1) is 9.63. The number of likely N-dealkylation sites (tertiary alicyclic amines) is 1. The number of hydrogen-bond donors (Lipinski definition) is 1. The predicted molar refractivity (Wildman–Crippen MR) is 64.9 cm³/mol. The maximum atomic E-state index is 13.4. The van der Waals surface area contributed by atoms with Crippen LogP contribution in [-0.2, 0) is 11.3 Å². The van der Waals surface area contributed by atoms with Crippen molar-refractivity contribution in [3.63, 3.8) is 0 Å². The number of carbonyl (C=O) groups is 1. The molecule has 106 valence electrons. The van der Waals surface area contributed by atoms with E-state index in [4.69, 9.17) is 14.7 Å². The average Bonchev–Trinajstić information content (AvgIpc) is 3.09. The van der Waals surface area contributed by atoms with Crippen LogP contribution >= 0.6 is 0 Å². The summed E-state index contributed by atoms with van der Waals surface area (Å²) in [7, 11) is 0. The Morgan fingerprint density at radius 2 is 2.45 bits per heavy atom. The summed E-state index contributed by atoms with van der Waals surface area (Å²) < 4.78 is 23.4. The van der Waals surface area contributed by atoms with Crippen LogP contribution in [0, 0.1) is 0 Å². The number of nitrogens with zero attached hydrogens (tertiary/aromatic N) is 3. The van der Waals surface area contributed by atoms with Crippen molar-refractivity contribution in [2.24, 2.45) is 5.73 Å². The first-order valence-corrected chi connectivity index (χ1v) is 6.16. The average molecular weight is 280 g/mol. The molecule has 0 aromatic carbocycles. The second kappa shape index (κ2) is 5.04. The lowest BCUT2D eigenvalue weighted by molar-refractivity contribution is -0.122. The number of nitrogens with two attached hydrogens (primary N) is 1. The minimum absolute atomic E-state index is 0.109. The fourth-order valence-corrected chi connectivity index (χ4v) is 2.32. The fraction of sp³-hybridized carbons (Fsp3) is 0.417. The Hall–Kier alpha value is -2.22. The number of alkyl halides is 1. The van der Waals surface area contributed by atoms with Crippen molar-refractivity contribution in [3.05, 3.63) is 24.5 Å². The zero-order valence-electron chi connectivity index (χ0n) is 10.5. The monoisotopic (exact) mass is 280 g/mol. The molecular weight excluding hydrogens is 267 g/mol. The van der Waals surface area contributed by atoms with Crippen molar-refractivity contribution in [1.29, 1.82) is 0 Å². The minimum atomic E-state index is -1.07. The van der Waals surface area contributed by atoms with E-state index in [-0.39, 0.29) is 19.5 Å². The van der Waals surface area contributed by atoms with Crippen LogP contribution in [0.4, 0.5) is 4.39 Å². The number of carbonyl (C=O) groups excluding carboxylic acids is 1. The Morgan fingerprint density at radius 3 is 3.15 bits per heavy atom. The molecule has 8 heteroatoms. The van der Waals surface area contributed by atoms with Crippen molar-refractivity contribution in [1.82, 2.24) is 15.0 Å². The number of halogens is 1. The zero-order chi connectivity index (χ0) is 14.1. The molecule has 0 saturated carbocycles. The molecule has 1 amide bonds. The molecule has 1 fully saturated rings. The molecule has 3 heterocycles. The molecule has 0 radical (unpaired) electrons. The highest BCUT2D eigenvalue weighted by molar-refractivity contribution is 5.80. The fourth-order valence-electron chi connectivity index (χ4n) is 2.32. The van der Waals surface area contributed by atoms with Crippen molar-refractivity contribution < 1.29 is 18.1 Å². The van der Waals surface area contributed by atoms with E-state index >= 15 is 0 Å². The Bertz CT molecular complexity index is 598. The third kappa shape index (κ3) is 2.42. The van der Waals surface area contributed by atoms with Gasteiger partial charge in [-0.1, -0.05) is 5.16 Å². The van der Waals surface area contributed by atoms with E-state index < -0.39 is 18.1 Å². The summed E-state index contributed by atoms with van der Waals surface area (Å²) in [4.78, 5) is 17.1. The van der Waals surface area contributed by atoms with Gasteiger partial charge in [0.25, 0.3) is 0 Å². The first-order valence-electron chi connectivity index (χ1n) is 6.16. The Morgan fingerprint density at radius 1 is 1.60 bits per heavy atom. The van der Waals surface area contributed by atoms with Gasteiger partial charge >= 0.3 is 0 Å². The van der Waals surface area contributed by atoms with Crippen LogP contribution < -0.4 is 5.73 Å². The number of rotatable bonds is 4. The predicted octanol–water partition coefficient (Wildman–Crippen LogP) is 0.727. The molecule has 1 aliphatic heterocycles. The number of primary amides is 1. The van der Waals surface area contributed by atoms with E-state index in [0.717, 1.165) is 0 Å². The molecule has 0 bridgehead atoms. The quantitative estimate of drug-likeness (QED) is 0.886. The van der Waals surface area contributed by atoms with Gasteiger partial charge in [0, 0.05) is 13.0 Å². The molecular formula is C12H13FN4O3. The van der Waals surface area contributed by atoms with Crippen LogP contribution in [0.25, 0.3) is 11.4 Å². The maximum Gasteiger partial charge on any atom is 0.241 e. The van der Waals surface area contributed by atoms with Crippen LogP contribution in [0.5, 0.6) is 0 Å². The molecule has 20 heavy (non-hydrogen) atoms. The van der Waals surface area contributed by atoms with Crippen LogP contribution in [0.1, 0.15) is 12.3 Å². The van der Waals surface area contributed by atoms with E-state index in [2.05, 4.69) is 10.1 Å². The van der Waals surface area contributed by atoms with Gasteiger partial charge in [0.05, 0.1) is 24.4 Å². The number of hydrogen-bond acceptors (Lipinski definition) is 6. The summed E-state index contributed by atoms with van der Waals surface area (Å²) in [6.07, 6.45) is 2.04.